The molecule has 0 unspecified atom stereocenters. The van der Waals surface area contributed by atoms with E-state index in [9.17, 15) is 24.6 Å². The maximum atomic E-state index is 13.4. The van der Waals surface area contributed by atoms with E-state index < -0.39 is 27.0 Å². The standard InChI is InChI=1S/C13H9FN4O4/c14-11-4-2-1-3-9(11)8-15-16-12-6-5-10(17(19)20)7-13(12)18(21)22/h1-8,16H/b15-8+. The summed E-state index contributed by atoms with van der Waals surface area (Å²) in [5, 5.41) is 25.2. The first kappa shape index (κ1) is 15.0. The quantitative estimate of drug-likeness (QED) is 0.518. The van der Waals surface area contributed by atoms with Gasteiger partial charge in [-0.15, -0.1) is 0 Å². The number of nitro benzene ring substituents is 2. The minimum absolute atomic E-state index is 0.0387. The van der Waals surface area contributed by atoms with Crippen LogP contribution in [0.2, 0.25) is 0 Å². The first-order valence-corrected chi connectivity index (χ1v) is 5.95. The molecule has 22 heavy (non-hydrogen) atoms. The van der Waals surface area contributed by atoms with E-state index in [-0.39, 0.29) is 11.3 Å². The molecule has 0 saturated carbocycles. The Labute approximate surface area is 123 Å². The molecule has 1 N–H and O–H groups in total. The van der Waals surface area contributed by atoms with Gasteiger partial charge in [-0.1, -0.05) is 18.2 Å². The highest BCUT2D eigenvalue weighted by Gasteiger charge is 2.19. The summed E-state index contributed by atoms with van der Waals surface area (Å²) in [6.45, 7) is 0. The van der Waals surface area contributed by atoms with Crippen LogP contribution in [0.5, 0.6) is 0 Å². The predicted octanol–water partition coefficient (Wildman–Crippen LogP) is 3.09. The first-order valence-electron chi connectivity index (χ1n) is 5.95. The zero-order chi connectivity index (χ0) is 16.1. The smallest absolute Gasteiger partial charge is 0.272 e. The molecule has 0 heterocycles. The third-order valence-corrected chi connectivity index (χ3v) is 2.68. The number of nitrogens with one attached hydrogen (secondary N) is 1. The third kappa shape index (κ3) is 3.39. The first-order chi connectivity index (χ1) is 10.5. The highest BCUT2D eigenvalue weighted by Crippen LogP contribution is 2.28. The molecule has 0 aromatic heterocycles. The fourth-order valence-electron chi connectivity index (χ4n) is 1.63. The largest absolute Gasteiger partial charge is 0.301 e. The molecule has 0 aliphatic heterocycles. The summed E-state index contributed by atoms with van der Waals surface area (Å²) in [6.07, 6.45) is 1.15. The summed E-state index contributed by atoms with van der Waals surface area (Å²) in [4.78, 5) is 20.0. The Balaban J connectivity index is 2.24. The van der Waals surface area contributed by atoms with Crippen molar-refractivity contribution in [1.29, 1.82) is 0 Å². The number of non-ortho nitro benzene ring substituents is 1. The number of hydrazone groups is 1. The van der Waals surface area contributed by atoms with E-state index >= 15 is 0 Å². The molecule has 2 aromatic rings. The molecule has 0 aliphatic carbocycles. The van der Waals surface area contributed by atoms with Crippen LogP contribution in [-0.2, 0) is 0 Å². The number of benzene rings is 2. The van der Waals surface area contributed by atoms with E-state index in [1.54, 1.807) is 6.07 Å². The summed E-state index contributed by atoms with van der Waals surface area (Å²) in [5.74, 6) is -0.494. The minimum atomic E-state index is -0.770. The lowest BCUT2D eigenvalue weighted by molar-refractivity contribution is -0.393. The van der Waals surface area contributed by atoms with Gasteiger partial charge in [0, 0.05) is 11.6 Å². The number of hydrogen-bond donors (Lipinski definition) is 1. The molecule has 0 fully saturated rings. The molecule has 0 aliphatic rings. The van der Waals surface area contributed by atoms with Gasteiger partial charge >= 0.3 is 5.69 Å². The molecule has 0 amide bonds. The molecule has 0 atom stereocenters. The highest BCUT2D eigenvalue weighted by atomic mass is 19.1. The lowest BCUT2D eigenvalue weighted by atomic mass is 10.2. The Hall–Kier alpha value is -3.36. The molecular weight excluding hydrogens is 295 g/mol. The average Bonchev–Trinajstić information content (AvgIpc) is 2.49. The molecule has 8 nitrogen and oxygen atoms in total. The van der Waals surface area contributed by atoms with Crippen molar-refractivity contribution < 1.29 is 14.2 Å². The van der Waals surface area contributed by atoms with Crippen molar-refractivity contribution in [3.63, 3.8) is 0 Å². The van der Waals surface area contributed by atoms with Gasteiger partial charge in [-0.2, -0.15) is 5.10 Å². The van der Waals surface area contributed by atoms with Crippen LogP contribution in [0.25, 0.3) is 0 Å². The fraction of sp³-hybridized carbons (Fsp3) is 0. The number of halogens is 1. The summed E-state index contributed by atoms with van der Waals surface area (Å²) in [7, 11) is 0. The van der Waals surface area contributed by atoms with Crippen molar-refractivity contribution in [3.05, 3.63) is 74.1 Å². The van der Waals surface area contributed by atoms with Gasteiger partial charge in [-0.3, -0.25) is 25.7 Å². The van der Waals surface area contributed by atoms with Crippen LogP contribution in [0.1, 0.15) is 5.56 Å². The van der Waals surface area contributed by atoms with Crippen LogP contribution >= 0.6 is 0 Å². The second kappa shape index (κ2) is 6.39. The number of nitro groups is 2. The van der Waals surface area contributed by atoms with Crippen LogP contribution in [0.3, 0.4) is 0 Å². The molecule has 0 bridgehead atoms. The zero-order valence-electron chi connectivity index (χ0n) is 11.0. The Morgan fingerprint density at radius 2 is 1.82 bits per heavy atom. The number of rotatable bonds is 5. The van der Waals surface area contributed by atoms with Crippen molar-refractivity contribution in [1.82, 2.24) is 0 Å². The van der Waals surface area contributed by atoms with Crippen LogP contribution < -0.4 is 5.43 Å². The van der Waals surface area contributed by atoms with Gasteiger partial charge in [0.05, 0.1) is 22.1 Å². The molecule has 0 spiro atoms. The van der Waals surface area contributed by atoms with E-state index in [1.807, 2.05) is 0 Å². The van der Waals surface area contributed by atoms with Crippen molar-refractivity contribution in [2.75, 3.05) is 5.43 Å². The Morgan fingerprint density at radius 1 is 1.09 bits per heavy atom. The zero-order valence-corrected chi connectivity index (χ0v) is 11.0. The van der Waals surface area contributed by atoms with Crippen LogP contribution in [-0.4, -0.2) is 16.1 Å². The van der Waals surface area contributed by atoms with Gasteiger partial charge in [0.2, 0.25) is 0 Å². The Bertz CT molecular complexity index is 763. The van der Waals surface area contributed by atoms with Gasteiger partial charge in [-0.25, -0.2) is 4.39 Å². The van der Waals surface area contributed by atoms with E-state index in [0.29, 0.717) is 0 Å². The molecule has 0 radical (unpaired) electrons. The normalized spacial score (nSPS) is 10.6. The number of hydrogen-bond acceptors (Lipinski definition) is 6. The molecule has 0 saturated heterocycles. The maximum absolute atomic E-state index is 13.4. The van der Waals surface area contributed by atoms with Crippen molar-refractivity contribution >= 4 is 23.3 Å². The lowest BCUT2D eigenvalue weighted by Gasteiger charge is -2.02. The van der Waals surface area contributed by atoms with Gasteiger partial charge in [-0.05, 0) is 12.1 Å². The van der Waals surface area contributed by atoms with Gasteiger partial charge < -0.3 is 0 Å². The Kier molecular flexibility index (Phi) is 4.37. The summed E-state index contributed by atoms with van der Waals surface area (Å²) in [6, 6.07) is 8.93. The van der Waals surface area contributed by atoms with Crippen molar-refractivity contribution in [3.8, 4) is 0 Å². The average molecular weight is 304 g/mol. The predicted molar refractivity (Wildman–Crippen MR) is 77.4 cm³/mol. The Morgan fingerprint density at radius 3 is 2.45 bits per heavy atom. The van der Waals surface area contributed by atoms with E-state index in [0.717, 1.165) is 24.4 Å². The monoisotopic (exact) mass is 304 g/mol. The molecule has 2 aromatic carbocycles. The van der Waals surface area contributed by atoms with Gasteiger partial charge in [0.1, 0.15) is 11.5 Å². The lowest BCUT2D eigenvalue weighted by Crippen LogP contribution is -1.99. The topological polar surface area (TPSA) is 111 Å². The second-order valence-corrected chi connectivity index (χ2v) is 4.11. The van der Waals surface area contributed by atoms with Gasteiger partial charge in [0.15, 0.2) is 0 Å². The number of anilines is 1. The van der Waals surface area contributed by atoms with Crippen molar-refractivity contribution in [2.24, 2.45) is 5.10 Å². The fourth-order valence-corrected chi connectivity index (χ4v) is 1.63. The van der Waals surface area contributed by atoms with E-state index in [4.69, 9.17) is 0 Å². The van der Waals surface area contributed by atoms with E-state index in [1.165, 1.54) is 18.2 Å². The van der Waals surface area contributed by atoms with E-state index in [2.05, 4.69) is 10.5 Å². The molecule has 9 heteroatoms. The molecular formula is C13H9FN4O4. The highest BCUT2D eigenvalue weighted by molar-refractivity contribution is 5.81. The summed E-state index contributed by atoms with van der Waals surface area (Å²) in [5.41, 5.74) is 1.62. The molecule has 2 rings (SSSR count). The SMILES string of the molecule is O=[N+]([O-])c1ccc(N/N=C/c2ccccc2F)c([N+](=O)[O-])c1. The molecule has 112 valence electrons. The number of nitrogens with zero attached hydrogens (tertiary/aromatic N) is 3. The minimum Gasteiger partial charge on any atom is -0.272 e. The third-order valence-electron chi connectivity index (χ3n) is 2.68. The maximum Gasteiger partial charge on any atom is 0.301 e. The van der Waals surface area contributed by atoms with Crippen LogP contribution in [0, 0.1) is 26.0 Å². The summed E-state index contributed by atoms with van der Waals surface area (Å²) >= 11 is 0. The van der Waals surface area contributed by atoms with Crippen molar-refractivity contribution in [2.45, 2.75) is 0 Å². The van der Waals surface area contributed by atoms with Crippen LogP contribution in [0.4, 0.5) is 21.5 Å². The van der Waals surface area contributed by atoms with Gasteiger partial charge in [0.25, 0.3) is 5.69 Å². The van der Waals surface area contributed by atoms with Crippen LogP contribution in [0.15, 0.2) is 47.6 Å². The summed E-state index contributed by atoms with van der Waals surface area (Å²) < 4.78 is 13.4. The second-order valence-electron chi connectivity index (χ2n) is 4.11.